The van der Waals surface area contributed by atoms with Crippen LogP contribution in [0.3, 0.4) is 0 Å². The van der Waals surface area contributed by atoms with E-state index in [0.717, 1.165) is 38.9 Å². The summed E-state index contributed by atoms with van der Waals surface area (Å²) in [6.45, 7) is 0.611. The lowest BCUT2D eigenvalue weighted by Gasteiger charge is -2.08. The van der Waals surface area contributed by atoms with Gasteiger partial charge in [0, 0.05) is 23.7 Å². The van der Waals surface area contributed by atoms with Crippen molar-refractivity contribution < 1.29 is 4.74 Å². The molecule has 5 rings (SSSR count). The summed E-state index contributed by atoms with van der Waals surface area (Å²) >= 11 is 0. The maximum absolute atomic E-state index is 5.26. The van der Waals surface area contributed by atoms with Crippen molar-refractivity contribution >= 4 is 27.9 Å². The van der Waals surface area contributed by atoms with Crippen LogP contribution in [0.4, 0.5) is 5.95 Å². The molecule has 0 fully saturated rings. The van der Waals surface area contributed by atoms with Crippen LogP contribution in [0.15, 0.2) is 61.2 Å². The van der Waals surface area contributed by atoms with Gasteiger partial charge in [-0.25, -0.2) is 19.9 Å². The predicted octanol–water partition coefficient (Wildman–Crippen LogP) is 3.58. The summed E-state index contributed by atoms with van der Waals surface area (Å²) in [6.07, 6.45) is 5.08. The minimum atomic E-state index is 0.576. The first-order valence-corrected chi connectivity index (χ1v) is 9.08. The van der Waals surface area contributed by atoms with E-state index >= 15 is 0 Å². The summed E-state index contributed by atoms with van der Waals surface area (Å²) in [5.74, 6) is 1.40. The summed E-state index contributed by atoms with van der Waals surface area (Å²) in [5, 5.41) is 12.0. The largest absolute Gasteiger partial charge is 0.497 e. The fourth-order valence-corrected chi connectivity index (χ4v) is 3.22. The molecule has 0 unspecified atom stereocenters. The van der Waals surface area contributed by atoms with Crippen LogP contribution < -0.4 is 10.1 Å². The van der Waals surface area contributed by atoms with Crippen LogP contribution in [-0.2, 0) is 6.54 Å². The molecule has 142 valence electrons. The van der Waals surface area contributed by atoms with E-state index in [1.54, 1.807) is 13.3 Å². The first kappa shape index (κ1) is 17.1. The maximum Gasteiger partial charge on any atom is 0.223 e. The van der Waals surface area contributed by atoms with E-state index in [2.05, 4.69) is 35.5 Å². The zero-order valence-electron chi connectivity index (χ0n) is 15.6. The van der Waals surface area contributed by atoms with E-state index in [9.17, 15) is 0 Å². The molecule has 8 nitrogen and oxygen atoms in total. The quantitative estimate of drug-likeness (QED) is 0.478. The van der Waals surface area contributed by atoms with Crippen molar-refractivity contribution in [3.8, 4) is 17.0 Å². The Morgan fingerprint density at radius 2 is 2.00 bits per heavy atom. The van der Waals surface area contributed by atoms with E-state index in [4.69, 9.17) is 4.74 Å². The molecule has 2 aromatic carbocycles. The highest BCUT2D eigenvalue weighted by Crippen LogP contribution is 2.27. The number of aromatic amines is 1. The predicted molar refractivity (Wildman–Crippen MR) is 111 cm³/mol. The van der Waals surface area contributed by atoms with Gasteiger partial charge in [0.05, 0.1) is 29.9 Å². The van der Waals surface area contributed by atoms with E-state index < -0.39 is 0 Å². The Balaban J connectivity index is 1.41. The van der Waals surface area contributed by atoms with E-state index in [1.165, 1.54) is 6.33 Å². The summed E-state index contributed by atoms with van der Waals surface area (Å²) in [6, 6.07) is 13.9. The Labute approximate surface area is 166 Å². The summed E-state index contributed by atoms with van der Waals surface area (Å²) in [7, 11) is 1.66. The van der Waals surface area contributed by atoms with Gasteiger partial charge in [-0.2, -0.15) is 5.10 Å². The SMILES string of the molecule is COc1cccc(CNc2ncc3cc(-c4ncnc5[nH]ncc45)ccc3n2)c1. The standard InChI is InChI=1S/C21H17N7O/c1-29-16-4-2-3-13(7-16)9-22-21-23-10-15-8-14(5-6-18(15)27-21)19-17-11-26-28-20(17)25-12-24-19/h2-8,10-12H,9H2,1H3,(H,22,23,27)(H,24,25,26,28). The second-order valence-electron chi connectivity index (χ2n) is 6.53. The molecule has 0 spiro atoms. The van der Waals surface area contributed by atoms with E-state index in [0.29, 0.717) is 18.1 Å². The normalized spacial score (nSPS) is 11.1. The molecular weight excluding hydrogens is 366 g/mol. The van der Waals surface area contributed by atoms with Crippen LogP contribution in [0.1, 0.15) is 5.56 Å². The van der Waals surface area contributed by atoms with Gasteiger partial charge in [0.15, 0.2) is 5.65 Å². The Kier molecular flexibility index (Phi) is 4.21. The van der Waals surface area contributed by atoms with Crippen LogP contribution in [-0.4, -0.2) is 37.2 Å². The van der Waals surface area contributed by atoms with Crippen LogP contribution >= 0.6 is 0 Å². The van der Waals surface area contributed by atoms with Crippen LogP contribution in [0.2, 0.25) is 0 Å². The van der Waals surface area contributed by atoms with Gasteiger partial charge >= 0.3 is 0 Å². The number of rotatable bonds is 5. The van der Waals surface area contributed by atoms with Gasteiger partial charge in [-0.15, -0.1) is 0 Å². The van der Waals surface area contributed by atoms with Gasteiger partial charge in [-0.3, -0.25) is 5.10 Å². The lowest BCUT2D eigenvalue weighted by Crippen LogP contribution is -2.03. The number of hydrogen-bond acceptors (Lipinski definition) is 7. The Bertz CT molecular complexity index is 1310. The molecule has 29 heavy (non-hydrogen) atoms. The third-order valence-electron chi connectivity index (χ3n) is 4.69. The highest BCUT2D eigenvalue weighted by molar-refractivity contribution is 5.93. The smallest absolute Gasteiger partial charge is 0.223 e. The molecule has 0 aliphatic rings. The number of anilines is 1. The van der Waals surface area contributed by atoms with Gasteiger partial charge in [0.2, 0.25) is 5.95 Å². The molecule has 0 saturated carbocycles. The molecule has 0 radical (unpaired) electrons. The number of H-pyrrole nitrogens is 1. The van der Waals surface area contributed by atoms with Crippen molar-refractivity contribution in [3.63, 3.8) is 0 Å². The zero-order valence-corrected chi connectivity index (χ0v) is 15.6. The third kappa shape index (κ3) is 3.31. The average Bonchev–Trinajstić information content (AvgIpc) is 3.26. The van der Waals surface area contributed by atoms with Gasteiger partial charge < -0.3 is 10.1 Å². The van der Waals surface area contributed by atoms with Crippen LogP contribution in [0.25, 0.3) is 33.2 Å². The van der Waals surface area contributed by atoms with Gasteiger partial charge in [0.25, 0.3) is 0 Å². The number of hydrogen-bond donors (Lipinski definition) is 2. The molecule has 0 bridgehead atoms. The van der Waals surface area contributed by atoms with Gasteiger partial charge in [-0.1, -0.05) is 18.2 Å². The van der Waals surface area contributed by atoms with Crippen LogP contribution in [0, 0.1) is 0 Å². The molecule has 0 amide bonds. The van der Waals surface area contributed by atoms with Crippen LogP contribution in [0.5, 0.6) is 5.75 Å². The molecule has 0 saturated heterocycles. The van der Waals surface area contributed by atoms with Crippen molar-refractivity contribution in [2.24, 2.45) is 0 Å². The van der Waals surface area contributed by atoms with Crippen molar-refractivity contribution in [1.82, 2.24) is 30.1 Å². The Morgan fingerprint density at radius 3 is 2.93 bits per heavy atom. The summed E-state index contributed by atoms with van der Waals surface area (Å²) in [5.41, 5.74) is 4.45. The Morgan fingerprint density at radius 1 is 1.03 bits per heavy atom. The molecule has 3 aromatic heterocycles. The molecule has 0 aliphatic carbocycles. The van der Waals surface area contributed by atoms with Crippen molar-refractivity contribution in [3.05, 3.63) is 66.7 Å². The van der Waals surface area contributed by atoms with E-state index in [1.807, 2.05) is 48.7 Å². The van der Waals surface area contributed by atoms with Crippen molar-refractivity contribution in [1.29, 1.82) is 0 Å². The number of nitrogens with one attached hydrogen (secondary N) is 2. The monoisotopic (exact) mass is 383 g/mol. The molecule has 8 heteroatoms. The Hall–Kier alpha value is -4.07. The lowest BCUT2D eigenvalue weighted by molar-refractivity contribution is 0.414. The molecule has 5 aromatic rings. The topological polar surface area (TPSA) is 102 Å². The minimum Gasteiger partial charge on any atom is -0.497 e. The minimum absolute atomic E-state index is 0.576. The summed E-state index contributed by atoms with van der Waals surface area (Å²) in [4.78, 5) is 17.7. The second-order valence-corrected chi connectivity index (χ2v) is 6.53. The van der Waals surface area contributed by atoms with Gasteiger partial charge in [-0.05, 0) is 29.8 Å². The molecule has 0 atom stereocenters. The lowest BCUT2D eigenvalue weighted by atomic mass is 10.1. The number of methoxy groups -OCH3 is 1. The first-order valence-electron chi connectivity index (χ1n) is 9.08. The third-order valence-corrected chi connectivity index (χ3v) is 4.69. The van der Waals surface area contributed by atoms with Crippen molar-refractivity contribution in [2.45, 2.75) is 6.54 Å². The number of nitrogens with zero attached hydrogens (tertiary/aromatic N) is 5. The maximum atomic E-state index is 5.26. The molecule has 3 heterocycles. The number of benzene rings is 2. The van der Waals surface area contributed by atoms with Crippen molar-refractivity contribution in [2.75, 3.05) is 12.4 Å². The first-order chi connectivity index (χ1) is 14.3. The number of aromatic nitrogens is 6. The zero-order chi connectivity index (χ0) is 19.6. The highest BCUT2D eigenvalue weighted by atomic mass is 16.5. The fourth-order valence-electron chi connectivity index (χ4n) is 3.22. The number of fused-ring (bicyclic) bond motifs is 2. The molecule has 2 N–H and O–H groups in total. The number of ether oxygens (including phenoxy) is 1. The fraction of sp³-hybridized carbons (Fsp3) is 0.0952. The summed E-state index contributed by atoms with van der Waals surface area (Å²) < 4.78 is 5.26. The second kappa shape index (κ2) is 7.16. The van der Waals surface area contributed by atoms with E-state index in [-0.39, 0.29) is 0 Å². The highest BCUT2D eigenvalue weighted by Gasteiger charge is 2.09. The average molecular weight is 383 g/mol. The molecular formula is C21H17N7O. The molecule has 0 aliphatic heterocycles. The van der Waals surface area contributed by atoms with Gasteiger partial charge in [0.1, 0.15) is 12.1 Å².